The van der Waals surface area contributed by atoms with Gasteiger partial charge in [-0.15, -0.1) is 0 Å². The molecule has 0 fully saturated rings. The fourth-order valence-electron chi connectivity index (χ4n) is 2.16. The van der Waals surface area contributed by atoms with E-state index in [-0.39, 0.29) is 11.5 Å². The Morgan fingerprint density at radius 1 is 1.28 bits per heavy atom. The van der Waals surface area contributed by atoms with E-state index < -0.39 is 0 Å². The summed E-state index contributed by atoms with van der Waals surface area (Å²) in [5.74, 6) is 0.977. The number of fused-ring (bicyclic) bond motifs is 1. The average molecular weight is 266 g/mol. The van der Waals surface area contributed by atoms with E-state index >= 15 is 0 Å². The van der Waals surface area contributed by atoms with Gasteiger partial charge in [0.05, 0.1) is 6.04 Å². The number of nitrogens with one attached hydrogen (secondary N) is 1. The van der Waals surface area contributed by atoms with Crippen molar-refractivity contribution in [3.63, 3.8) is 0 Å². The molecule has 1 heterocycles. The van der Waals surface area contributed by atoms with Crippen molar-refractivity contribution in [3.05, 3.63) is 35.0 Å². The molecular weight excluding hydrogens is 246 g/mol. The highest BCUT2D eigenvalue weighted by Gasteiger charge is 2.21. The Balaban J connectivity index is 2.34. The first-order valence-corrected chi connectivity index (χ1v) is 6.63. The maximum atomic E-state index is 5.99. The number of hydrogen-bond acceptors (Lipinski definition) is 2. The predicted octanol–water partition coefficient (Wildman–Crippen LogP) is 4.78. The SMILES string of the molecule is CNC(CC(C)(C)C)c1cc2cc(Cl)ccc2o1. The summed E-state index contributed by atoms with van der Waals surface area (Å²) in [7, 11) is 1.97. The van der Waals surface area contributed by atoms with Gasteiger partial charge >= 0.3 is 0 Å². The van der Waals surface area contributed by atoms with Crippen LogP contribution in [0.2, 0.25) is 5.02 Å². The summed E-state index contributed by atoms with van der Waals surface area (Å²) >= 11 is 5.99. The molecule has 2 nitrogen and oxygen atoms in total. The standard InChI is InChI=1S/C15H20ClNO/c1-15(2,3)9-12(17-4)14-8-10-7-11(16)5-6-13(10)18-14/h5-8,12,17H,9H2,1-4H3. The number of hydrogen-bond donors (Lipinski definition) is 1. The predicted molar refractivity (Wildman–Crippen MR) is 77.1 cm³/mol. The number of halogens is 1. The van der Waals surface area contributed by atoms with Gasteiger partial charge in [-0.3, -0.25) is 0 Å². The zero-order valence-corrected chi connectivity index (χ0v) is 12.1. The number of benzene rings is 1. The quantitative estimate of drug-likeness (QED) is 0.864. The Morgan fingerprint density at radius 3 is 2.61 bits per heavy atom. The lowest BCUT2D eigenvalue weighted by molar-refractivity contribution is 0.296. The zero-order valence-electron chi connectivity index (χ0n) is 11.4. The molecule has 0 saturated heterocycles. The second kappa shape index (κ2) is 4.94. The smallest absolute Gasteiger partial charge is 0.134 e. The molecule has 0 aliphatic heterocycles. The van der Waals surface area contributed by atoms with Crippen molar-refractivity contribution in [2.45, 2.75) is 33.2 Å². The van der Waals surface area contributed by atoms with Crippen molar-refractivity contribution in [2.24, 2.45) is 5.41 Å². The summed E-state index contributed by atoms with van der Waals surface area (Å²) < 4.78 is 5.90. The number of rotatable bonds is 3. The minimum absolute atomic E-state index is 0.233. The second-order valence-corrected chi connectivity index (χ2v) is 6.37. The Morgan fingerprint density at radius 2 is 2.00 bits per heavy atom. The molecule has 0 saturated carbocycles. The third kappa shape index (κ3) is 3.06. The second-order valence-electron chi connectivity index (χ2n) is 5.94. The van der Waals surface area contributed by atoms with Gasteiger partial charge in [0, 0.05) is 10.4 Å². The van der Waals surface area contributed by atoms with Gasteiger partial charge in [-0.25, -0.2) is 0 Å². The van der Waals surface area contributed by atoms with Gasteiger partial charge in [-0.2, -0.15) is 0 Å². The third-order valence-electron chi connectivity index (χ3n) is 3.01. The van der Waals surface area contributed by atoms with E-state index in [0.29, 0.717) is 0 Å². The van der Waals surface area contributed by atoms with Crippen LogP contribution in [0.5, 0.6) is 0 Å². The first-order chi connectivity index (χ1) is 8.39. The summed E-state index contributed by atoms with van der Waals surface area (Å²) in [6.07, 6.45) is 1.02. The van der Waals surface area contributed by atoms with Crippen LogP contribution in [0.15, 0.2) is 28.7 Å². The Bertz CT molecular complexity index is 539. The molecule has 1 aromatic carbocycles. The van der Waals surface area contributed by atoms with E-state index in [2.05, 4.69) is 32.2 Å². The normalized spacial score (nSPS) is 14.1. The fourth-order valence-corrected chi connectivity index (χ4v) is 2.34. The highest BCUT2D eigenvalue weighted by atomic mass is 35.5. The van der Waals surface area contributed by atoms with E-state index in [1.54, 1.807) is 0 Å². The van der Waals surface area contributed by atoms with Crippen LogP contribution < -0.4 is 5.32 Å². The lowest BCUT2D eigenvalue weighted by atomic mass is 9.87. The molecule has 0 aliphatic rings. The monoisotopic (exact) mass is 265 g/mol. The fraction of sp³-hybridized carbons (Fsp3) is 0.467. The average Bonchev–Trinajstić information content (AvgIpc) is 2.67. The highest BCUT2D eigenvalue weighted by Crippen LogP contribution is 2.32. The van der Waals surface area contributed by atoms with Gasteiger partial charge < -0.3 is 9.73 Å². The van der Waals surface area contributed by atoms with Crippen LogP contribution in [0.3, 0.4) is 0 Å². The Hall–Kier alpha value is -0.990. The molecule has 1 atom stereocenters. The van der Waals surface area contributed by atoms with E-state index in [0.717, 1.165) is 28.2 Å². The first-order valence-electron chi connectivity index (χ1n) is 6.25. The van der Waals surface area contributed by atoms with Gasteiger partial charge in [-0.1, -0.05) is 32.4 Å². The summed E-state index contributed by atoms with van der Waals surface area (Å²) in [5.41, 5.74) is 1.15. The minimum atomic E-state index is 0.233. The van der Waals surface area contributed by atoms with E-state index in [1.165, 1.54) is 0 Å². The summed E-state index contributed by atoms with van der Waals surface area (Å²) in [6, 6.07) is 8.03. The molecule has 0 radical (unpaired) electrons. The van der Waals surface area contributed by atoms with Crippen LogP contribution in [0.4, 0.5) is 0 Å². The molecule has 0 spiro atoms. The molecule has 1 aromatic heterocycles. The summed E-state index contributed by atoms with van der Waals surface area (Å²) in [6.45, 7) is 6.70. The molecular formula is C15H20ClNO. The van der Waals surface area contributed by atoms with Crippen LogP contribution in [-0.2, 0) is 0 Å². The van der Waals surface area contributed by atoms with Gasteiger partial charge in [0.25, 0.3) is 0 Å². The molecule has 98 valence electrons. The molecule has 0 bridgehead atoms. The van der Waals surface area contributed by atoms with Crippen LogP contribution >= 0.6 is 11.6 Å². The summed E-state index contributed by atoms with van der Waals surface area (Å²) in [4.78, 5) is 0. The van der Waals surface area contributed by atoms with E-state index in [4.69, 9.17) is 16.0 Å². The van der Waals surface area contributed by atoms with E-state index in [1.807, 2.05) is 25.2 Å². The Kier molecular flexibility index (Phi) is 3.69. The lowest BCUT2D eigenvalue weighted by Gasteiger charge is -2.24. The van der Waals surface area contributed by atoms with Crippen LogP contribution in [0.25, 0.3) is 11.0 Å². The van der Waals surface area contributed by atoms with Gasteiger partial charge in [0.2, 0.25) is 0 Å². The third-order valence-corrected chi connectivity index (χ3v) is 3.24. The van der Waals surface area contributed by atoms with E-state index in [9.17, 15) is 0 Å². The molecule has 2 aromatic rings. The summed E-state index contributed by atoms with van der Waals surface area (Å²) in [5, 5.41) is 5.13. The van der Waals surface area contributed by atoms with Crippen molar-refractivity contribution in [1.29, 1.82) is 0 Å². The van der Waals surface area contributed by atoms with Gasteiger partial charge in [0.15, 0.2) is 0 Å². The maximum Gasteiger partial charge on any atom is 0.134 e. The molecule has 0 aliphatic carbocycles. The van der Waals surface area contributed by atoms with Crippen molar-refractivity contribution >= 4 is 22.6 Å². The maximum absolute atomic E-state index is 5.99. The topological polar surface area (TPSA) is 25.2 Å². The lowest BCUT2D eigenvalue weighted by Crippen LogP contribution is -2.21. The molecule has 1 N–H and O–H groups in total. The molecule has 18 heavy (non-hydrogen) atoms. The van der Waals surface area contributed by atoms with Gasteiger partial charge in [-0.05, 0) is 43.1 Å². The van der Waals surface area contributed by atoms with Crippen molar-refractivity contribution in [3.8, 4) is 0 Å². The zero-order chi connectivity index (χ0) is 13.3. The van der Waals surface area contributed by atoms with Crippen molar-refractivity contribution < 1.29 is 4.42 Å². The van der Waals surface area contributed by atoms with Crippen LogP contribution in [0, 0.1) is 5.41 Å². The Labute approximate surface area is 113 Å². The largest absolute Gasteiger partial charge is 0.459 e. The van der Waals surface area contributed by atoms with Crippen molar-refractivity contribution in [2.75, 3.05) is 7.05 Å². The van der Waals surface area contributed by atoms with Crippen molar-refractivity contribution in [1.82, 2.24) is 5.32 Å². The van der Waals surface area contributed by atoms with Gasteiger partial charge in [0.1, 0.15) is 11.3 Å². The molecule has 2 rings (SSSR count). The first kappa shape index (κ1) is 13.4. The van der Waals surface area contributed by atoms with Crippen LogP contribution in [0.1, 0.15) is 39.0 Å². The molecule has 0 amide bonds. The highest BCUT2D eigenvalue weighted by molar-refractivity contribution is 6.31. The number of furan rings is 1. The minimum Gasteiger partial charge on any atom is -0.459 e. The van der Waals surface area contributed by atoms with Crippen LogP contribution in [-0.4, -0.2) is 7.05 Å². The molecule has 3 heteroatoms. The molecule has 1 unspecified atom stereocenters.